The average Bonchev–Trinajstić information content (AvgIpc) is 3.22. The Morgan fingerprint density at radius 1 is 1.23 bits per heavy atom. The number of aryl methyl sites for hydroxylation is 1. The van der Waals surface area contributed by atoms with Crippen molar-refractivity contribution in [3.05, 3.63) is 41.6 Å². The summed E-state index contributed by atoms with van der Waals surface area (Å²) >= 11 is 1.17. The number of carbonyl (C=O) groups is 1. The largest absolute Gasteiger partial charge is 0.411 e. The standard InChI is InChI=1S/C18H20N4O3S/c1-11-7-5-6-8-12(11)16-20-21-17(24-16)26-10-14(23)19-15-9-13(22-25-15)18(2,3)4/h5-9H,10H2,1-4H3,(H,19,23). The van der Waals surface area contributed by atoms with Gasteiger partial charge in [0.2, 0.25) is 17.7 Å². The third-order valence-corrected chi connectivity index (χ3v) is 4.47. The van der Waals surface area contributed by atoms with Gasteiger partial charge in [-0.05, 0) is 18.6 Å². The Bertz CT molecular complexity index is 911. The van der Waals surface area contributed by atoms with E-state index in [9.17, 15) is 4.79 Å². The lowest BCUT2D eigenvalue weighted by atomic mass is 9.92. The van der Waals surface area contributed by atoms with E-state index in [1.165, 1.54) is 11.8 Å². The first-order valence-corrected chi connectivity index (χ1v) is 9.11. The number of anilines is 1. The minimum Gasteiger partial charge on any atom is -0.411 e. The Hall–Kier alpha value is -2.61. The number of amides is 1. The third kappa shape index (κ3) is 4.32. The van der Waals surface area contributed by atoms with Crippen LogP contribution in [0.15, 0.2) is 44.5 Å². The number of thioether (sulfide) groups is 1. The van der Waals surface area contributed by atoms with Gasteiger partial charge in [-0.15, -0.1) is 10.2 Å². The van der Waals surface area contributed by atoms with Crippen molar-refractivity contribution < 1.29 is 13.7 Å². The molecule has 26 heavy (non-hydrogen) atoms. The predicted molar refractivity (Wildman–Crippen MR) is 99.0 cm³/mol. The first-order chi connectivity index (χ1) is 12.3. The minimum absolute atomic E-state index is 0.126. The molecule has 0 atom stereocenters. The van der Waals surface area contributed by atoms with E-state index < -0.39 is 0 Å². The molecule has 8 heteroatoms. The lowest BCUT2D eigenvalue weighted by molar-refractivity contribution is -0.113. The number of nitrogens with zero attached hydrogens (tertiary/aromatic N) is 3. The molecule has 0 fully saturated rings. The molecular weight excluding hydrogens is 352 g/mol. The molecule has 0 bridgehead atoms. The lowest BCUT2D eigenvalue weighted by Gasteiger charge is -2.12. The summed E-state index contributed by atoms with van der Waals surface area (Å²) in [5.74, 6) is 0.658. The smallest absolute Gasteiger partial charge is 0.277 e. The number of hydrogen-bond donors (Lipinski definition) is 1. The molecule has 136 valence electrons. The van der Waals surface area contributed by atoms with Gasteiger partial charge in [0.15, 0.2) is 0 Å². The predicted octanol–water partition coefficient (Wildman–Crippen LogP) is 4.06. The molecule has 0 aliphatic heterocycles. The summed E-state index contributed by atoms with van der Waals surface area (Å²) < 4.78 is 10.8. The fourth-order valence-electron chi connectivity index (χ4n) is 2.18. The van der Waals surface area contributed by atoms with E-state index in [0.717, 1.165) is 16.8 Å². The summed E-state index contributed by atoms with van der Waals surface area (Å²) in [5.41, 5.74) is 2.56. The Balaban J connectivity index is 1.57. The fourth-order valence-corrected chi connectivity index (χ4v) is 2.74. The Kier molecular flexibility index (Phi) is 5.13. The SMILES string of the molecule is Cc1ccccc1-c1nnc(SCC(=O)Nc2cc(C(C)(C)C)no2)o1. The van der Waals surface area contributed by atoms with Crippen LogP contribution in [-0.4, -0.2) is 27.0 Å². The Morgan fingerprint density at radius 2 is 2.00 bits per heavy atom. The summed E-state index contributed by atoms with van der Waals surface area (Å²) in [5, 5.41) is 15.0. The van der Waals surface area contributed by atoms with Crippen molar-refractivity contribution in [3.63, 3.8) is 0 Å². The van der Waals surface area contributed by atoms with Crippen LogP contribution >= 0.6 is 11.8 Å². The van der Waals surface area contributed by atoms with Gasteiger partial charge in [0.1, 0.15) is 0 Å². The number of carbonyl (C=O) groups excluding carboxylic acids is 1. The van der Waals surface area contributed by atoms with Gasteiger partial charge in [-0.3, -0.25) is 10.1 Å². The molecule has 7 nitrogen and oxygen atoms in total. The van der Waals surface area contributed by atoms with Crippen LogP contribution in [-0.2, 0) is 10.2 Å². The van der Waals surface area contributed by atoms with Crippen LogP contribution in [0.5, 0.6) is 0 Å². The maximum atomic E-state index is 12.1. The fraction of sp³-hybridized carbons (Fsp3) is 0.333. The highest BCUT2D eigenvalue weighted by molar-refractivity contribution is 7.99. The highest BCUT2D eigenvalue weighted by Gasteiger charge is 2.20. The van der Waals surface area contributed by atoms with Crippen LogP contribution in [0.3, 0.4) is 0 Å². The molecule has 0 aliphatic carbocycles. The van der Waals surface area contributed by atoms with Gasteiger partial charge in [0, 0.05) is 17.0 Å². The number of nitrogens with one attached hydrogen (secondary N) is 1. The maximum Gasteiger partial charge on any atom is 0.277 e. The minimum atomic E-state index is -0.234. The van der Waals surface area contributed by atoms with Crippen molar-refractivity contribution in [1.29, 1.82) is 0 Å². The number of benzene rings is 1. The normalized spacial score (nSPS) is 11.5. The van der Waals surface area contributed by atoms with E-state index in [0.29, 0.717) is 17.0 Å². The second kappa shape index (κ2) is 7.33. The number of rotatable bonds is 5. The van der Waals surface area contributed by atoms with Crippen molar-refractivity contribution in [3.8, 4) is 11.5 Å². The number of aromatic nitrogens is 3. The first kappa shape index (κ1) is 18.2. The molecule has 3 aromatic rings. The monoisotopic (exact) mass is 372 g/mol. The molecular formula is C18H20N4O3S. The van der Waals surface area contributed by atoms with Crippen molar-refractivity contribution in [2.45, 2.75) is 38.3 Å². The van der Waals surface area contributed by atoms with Crippen LogP contribution in [0, 0.1) is 6.92 Å². The zero-order valence-corrected chi connectivity index (χ0v) is 15.9. The van der Waals surface area contributed by atoms with E-state index in [1.807, 2.05) is 52.0 Å². The highest BCUT2D eigenvalue weighted by Crippen LogP contribution is 2.26. The van der Waals surface area contributed by atoms with Crippen molar-refractivity contribution >= 4 is 23.6 Å². The van der Waals surface area contributed by atoms with Crippen molar-refractivity contribution in [2.24, 2.45) is 0 Å². The van der Waals surface area contributed by atoms with Gasteiger partial charge in [-0.25, -0.2) is 0 Å². The van der Waals surface area contributed by atoms with E-state index in [-0.39, 0.29) is 17.1 Å². The molecule has 1 aromatic carbocycles. The molecule has 3 rings (SSSR count). The zero-order valence-electron chi connectivity index (χ0n) is 15.1. The molecule has 1 N–H and O–H groups in total. The van der Waals surface area contributed by atoms with Crippen LogP contribution in [0.2, 0.25) is 0 Å². The Labute approximate surface area is 155 Å². The van der Waals surface area contributed by atoms with Gasteiger partial charge in [-0.1, -0.05) is 55.9 Å². The van der Waals surface area contributed by atoms with Gasteiger partial charge < -0.3 is 8.94 Å². The van der Waals surface area contributed by atoms with Crippen LogP contribution in [0.1, 0.15) is 32.0 Å². The van der Waals surface area contributed by atoms with E-state index in [1.54, 1.807) is 6.07 Å². The van der Waals surface area contributed by atoms with Crippen LogP contribution in [0.4, 0.5) is 5.88 Å². The highest BCUT2D eigenvalue weighted by atomic mass is 32.2. The van der Waals surface area contributed by atoms with Gasteiger partial charge in [-0.2, -0.15) is 0 Å². The Morgan fingerprint density at radius 3 is 2.69 bits per heavy atom. The van der Waals surface area contributed by atoms with Crippen LogP contribution < -0.4 is 5.32 Å². The molecule has 0 spiro atoms. The summed E-state index contributed by atoms with van der Waals surface area (Å²) in [7, 11) is 0. The molecule has 0 saturated carbocycles. The van der Waals surface area contributed by atoms with Gasteiger partial charge in [0.25, 0.3) is 5.22 Å². The van der Waals surface area contributed by atoms with Gasteiger partial charge >= 0.3 is 0 Å². The second-order valence-electron chi connectivity index (χ2n) is 6.85. The topological polar surface area (TPSA) is 94.1 Å². The summed E-state index contributed by atoms with van der Waals surface area (Å²) in [6, 6.07) is 9.48. The molecule has 1 amide bonds. The summed E-state index contributed by atoms with van der Waals surface area (Å²) in [6.07, 6.45) is 0. The summed E-state index contributed by atoms with van der Waals surface area (Å²) in [6.45, 7) is 8.04. The van der Waals surface area contributed by atoms with Crippen molar-refractivity contribution in [1.82, 2.24) is 15.4 Å². The zero-order chi connectivity index (χ0) is 18.7. The van der Waals surface area contributed by atoms with E-state index in [2.05, 4.69) is 20.7 Å². The third-order valence-electron chi connectivity index (χ3n) is 3.65. The van der Waals surface area contributed by atoms with Crippen molar-refractivity contribution in [2.75, 3.05) is 11.1 Å². The molecule has 0 aliphatic rings. The molecule has 2 heterocycles. The maximum absolute atomic E-state index is 12.1. The average molecular weight is 372 g/mol. The molecule has 0 unspecified atom stereocenters. The lowest BCUT2D eigenvalue weighted by Crippen LogP contribution is -2.14. The quantitative estimate of drug-likeness (QED) is 0.675. The summed E-state index contributed by atoms with van der Waals surface area (Å²) in [4.78, 5) is 12.1. The molecule has 0 saturated heterocycles. The van der Waals surface area contributed by atoms with E-state index in [4.69, 9.17) is 8.94 Å². The van der Waals surface area contributed by atoms with E-state index >= 15 is 0 Å². The number of hydrogen-bond acceptors (Lipinski definition) is 7. The molecule has 2 aromatic heterocycles. The van der Waals surface area contributed by atoms with Gasteiger partial charge in [0.05, 0.1) is 11.4 Å². The first-order valence-electron chi connectivity index (χ1n) is 8.12. The second-order valence-corrected chi connectivity index (χ2v) is 7.78. The molecule has 0 radical (unpaired) electrons. The van der Waals surface area contributed by atoms with Crippen LogP contribution in [0.25, 0.3) is 11.5 Å².